The lowest BCUT2D eigenvalue weighted by Gasteiger charge is -1.99. The largest absolute Gasteiger partial charge is 0.545 e. The Balaban J connectivity index is 3.55. The summed E-state index contributed by atoms with van der Waals surface area (Å²) >= 11 is 0. The van der Waals surface area contributed by atoms with Crippen molar-refractivity contribution in [2.24, 2.45) is 0 Å². The first-order valence-corrected chi connectivity index (χ1v) is 2.41. The first kappa shape index (κ1) is 7.70. The second-order valence-electron chi connectivity index (χ2n) is 1.52. The molecule has 0 aliphatic heterocycles. The molecule has 0 bridgehead atoms. The van der Waals surface area contributed by atoms with E-state index in [9.17, 15) is 9.90 Å². The Morgan fingerprint density at radius 1 is 1.78 bits per heavy atom. The van der Waals surface area contributed by atoms with E-state index in [2.05, 4.69) is 11.4 Å². The number of nitrogens with zero attached hydrogens (tertiary/aromatic N) is 1. The van der Waals surface area contributed by atoms with Crippen LogP contribution < -0.4 is 5.11 Å². The summed E-state index contributed by atoms with van der Waals surface area (Å²) in [5.41, 5.74) is -0.00833. The number of carbonyl (C=O) groups is 1. The molecule has 0 aliphatic carbocycles. The second-order valence-corrected chi connectivity index (χ2v) is 1.52. The van der Waals surface area contributed by atoms with Crippen LogP contribution in [0.5, 0.6) is 0 Å². The van der Waals surface area contributed by atoms with Crippen LogP contribution in [-0.4, -0.2) is 12.5 Å². The van der Waals surface area contributed by atoms with Crippen molar-refractivity contribution in [1.82, 2.24) is 0 Å². The quantitative estimate of drug-likeness (QED) is 0.379. The lowest BCUT2D eigenvalue weighted by molar-refractivity contribution is -0.299. The lowest BCUT2D eigenvalue weighted by atomic mass is 10.2. The van der Waals surface area contributed by atoms with E-state index in [1.807, 2.05) is 0 Å². The molecule has 3 nitrogen and oxygen atoms in total. The number of hydrogen-bond donors (Lipinski definition) is 0. The summed E-state index contributed by atoms with van der Waals surface area (Å²) < 4.78 is 0. The molecule has 0 spiro atoms. The highest BCUT2D eigenvalue weighted by Gasteiger charge is 1.94. The number of carbonyl (C=O) groups excluding carboxylic acids is 1. The maximum Gasteiger partial charge on any atom is 0.218 e. The van der Waals surface area contributed by atoms with Gasteiger partial charge in [0.05, 0.1) is 5.97 Å². The predicted molar refractivity (Wildman–Crippen MR) is 30.2 cm³/mol. The van der Waals surface area contributed by atoms with Crippen LogP contribution in [0.4, 0.5) is 0 Å². The van der Waals surface area contributed by atoms with Gasteiger partial charge in [0.15, 0.2) is 0 Å². The summed E-state index contributed by atoms with van der Waals surface area (Å²) in [6.45, 7) is 9.67. The van der Waals surface area contributed by atoms with Gasteiger partial charge >= 0.3 is 0 Å². The number of carboxylic acid groups (broad SMARTS) is 1. The Labute approximate surface area is 53.4 Å². The number of hydrogen-bond acceptors (Lipinski definition) is 2. The van der Waals surface area contributed by atoms with E-state index in [0.717, 1.165) is 0 Å². The summed E-state index contributed by atoms with van der Waals surface area (Å²) in [5, 5.41) is 9.89. The highest BCUT2D eigenvalue weighted by molar-refractivity contribution is 5.83. The van der Waals surface area contributed by atoms with E-state index in [-0.39, 0.29) is 18.5 Å². The van der Waals surface area contributed by atoms with Gasteiger partial charge in [-0.1, -0.05) is 6.58 Å². The zero-order valence-corrected chi connectivity index (χ0v) is 4.89. The van der Waals surface area contributed by atoms with Gasteiger partial charge in [-0.15, -0.1) is 0 Å². The smallest absolute Gasteiger partial charge is 0.218 e. The van der Waals surface area contributed by atoms with E-state index in [0.29, 0.717) is 0 Å². The van der Waals surface area contributed by atoms with Crippen LogP contribution in [-0.2, 0) is 4.79 Å². The molecule has 0 atom stereocenters. The van der Waals surface area contributed by atoms with Crippen LogP contribution in [0.15, 0.2) is 12.2 Å². The van der Waals surface area contributed by atoms with Gasteiger partial charge < -0.3 is 14.7 Å². The average molecular weight is 124 g/mol. The van der Waals surface area contributed by atoms with Crippen molar-refractivity contribution >= 4 is 5.97 Å². The molecular weight excluding hydrogens is 118 g/mol. The van der Waals surface area contributed by atoms with Crippen molar-refractivity contribution in [1.29, 1.82) is 0 Å². The normalized spacial score (nSPS) is 7.89. The summed E-state index contributed by atoms with van der Waals surface area (Å²) in [7, 11) is 0. The third kappa shape index (κ3) is 3.30. The van der Waals surface area contributed by atoms with E-state index in [1.54, 1.807) is 0 Å². The van der Waals surface area contributed by atoms with Crippen LogP contribution in [0.25, 0.3) is 4.85 Å². The highest BCUT2D eigenvalue weighted by atomic mass is 16.4. The van der Waals surface area contributed by atoms with Gasteiger partial charge in [0.2, 0.25) is 6.54 Å². The summed E-state index contributed by atoms with van der Waals surface area (Å²) in [5.74, 6) is -1.27. The minimum Gasteiger partial charge on any atom is -0.545 e. The molecule has 48 valence electrons. The maximum atomic E-state index is 9.89. The Bertz CT molecular complexity index is 166. The molecule has 0 aromatic heterocycles. The molecular formula is C6H6NO2-. The van der Waals surface area contributed by atoms with Gasteiger partial charge in [0.25, 0.3) is 0 Å². The van der Waals surface area contributed by atoms with Crippen LogP contribution in [0.3, 0.4) is 0 Å². The molecule has 9 heavy (non-hydrogen) atoms. The molecule has 0 saturated carbocycles. The Morgan fingerprint density at radius 3 is 2.67 bits per heavy atom. The minimum atomic E-state index is -1.27. The van der Waals surface area contributed by atoms with E-state index in [1.165, 1.54) is 0 Å². The molecule has 0 rings (SSSR count). The van der Waals surface area contributed by atoms with Crippen molar-refractivity contribution in [2.75, 3.05) is 6.54 Å². The third-order valence-corrected chi connectivity index (χ3v) is 0.814. The number of carboxylic acids is 1. The molecule has 0 N–H and O–H groups in total. The fourth-order valence-corrected chi connectivity index (χ4v) is 0.293. The zero-order chi connectivity index (χ0) is 7.28. The van der Waals surface area contributed by atoms with Crippen LogP contribution in [0.2, 0.25) is 0 Å². The molecule has 0 radical (unpaired) electrons. The Kier molecular flexibility index (Phi) is 3.14. The molecule has 0 saturated heterocycles. The summed E-state index contributed by atoms with van der Waals surface area (Å²) in [6, 6.07) is 0. The predicted octanol–water partition coefficient (Wildman–Crippen LogP) is -0.398. The van der Waals surface area contributed by atoms with Gasteiger partial charge in [0.1, 0.15) is 0 Å². The third-order valence-electron chi connectivity index (χ3n) is 0.814. The van der Waals surface area contributed by atoms with Crippen molar-refractivity contribution in [3.05, 3.63) is 23.6 Å². The van der Waals surface area contributed by atoms with E-state index in [4.69, 9.17) is 6.57 Å². The van der Waals surface area contributed by atoms with Crippen molar-refractivity contribution in [2.45, 2.75) is 6.42 Å². The van der Waals surface area contributed by atoms with Crippen LogP contribution in [0.1, 0.15) is 6.42 Å². The molecule has 0 aromatic rings. The maximum absolute atomic E-state index is 9.89. The monoisotopic (exact) mass is 124 g/mol. The van der Waals surface area contributed by atoms with Crippen LogP contribution >= 0.6 is 0 Å². The lowest BCUT2D eigenvalue weighted by Crippen LogP contribution is -2.24. The molecule has 0 unspecified atom stereocenters. The van der Waals surface area contributed by atoms with Crippen LogP contribution in [0, 0.1) is 6.57 Å². The van der Waals surface area contributed by atoms with Gasteiger partial charge in [-0.2, -0.15) is 0 Å². The van der Waals surface area contributed by atoms with E-state index >= 15 is 0 Å². The summed E-state index contributed by atoms with van der Waals surface area (Å²) in [4.78, 5) is 12.8. The topological polar surface area (TPSA) is 44.5 Å². The highest BCUT2D eigenvalue weighted by Crippen LogP contribution is 1.94. The van der Waals surface area contributed by atoms with Crippen molar-refractivity contribution in [3.8, 4) is 0 Å². The Hall–Kier alpha value is -1.30. The fourth-order valence-electron chi connectivity index (χ4n) is 0.293. The first-order chi connectivity index (χ1) is 4.18. The molecule has 0 aromatic carbocycles. The standard InChI is InChI=1S/C6H7NO2/c1-5(6(8)9)3-4-7-2/h1,3-4H2,(H,8,9)/p-1. The molecule has 0 aliphatic rings. The molecule has 0 amide bonds. The van der Waals surface area contributed by atoms with Gasteiger partial charge in [-0.3, -0.25) is 0 Å². The average Bonchev–Trinajstić information content (AvgIpc) is 1.82. The SMILES string of the molecule is [C-]#[N+]CCC(=C)C(=O)[O-]. The Morgan fingerprint density at radius 2 is 2.33 bits per heavy atom. The van der Waals surface area contributed by atoms with Crippen molar-refractivity contribution in [3.63, 3.8) is 0 Å². The van der Waals surface area contributed by atoms with Gasteiger partial charge in [0, 0.05) is 6.42 Å². The molecule has 3 heteroatoms. The fraction of sp³-hybridized carbons (Fsp3) is 0.333. The number of rotatable bonds is 3. The second kappa shape index (κ2) is 3.67. The zero-order valence-electron chi connectivity index (χ0n) is 4.89. The molecule has 0 heterocycles. The number of aliphatic carboxylic acids is 1. The van der Waals surface area contributed by atoms with Gasteiger partial charge in [-0.05, 0) is 5.57 Å². The minimum absolute atomic E-state index is 0.00833. The summed E-state index contributed by atoms with van der Waals surface area (Å²) in [6.07, 6.45) is 0.200. The van der Waals surface area contributed by atoms with Crippen molar-refractivity contribution < 1.29 is 9.90 Å². The van der Waals surface area contributed by atoms with E-state index < -0.39 is 5.97 Å². The molecule has 0 fully saturated rings. The first-order valence-electron chi connectivity index (χ1n) is 2.41. The van der Waals surface area contributed by atoms with Gasteiger partial charge in [-0.25, -0.2) is 6.57 Å².